The van der Waals surface area contributed by atoms with Crippen LogP contribution in [0.2, 0.25) is 0 Å². The van der Waals surface area contributed by atoms with E-state index in [2.05, 4.69) is 15.5 Å². The highest BCUT2D eigenvalue weighted by atomic mass is 32.2. The van der Waals surface area contributed by atoms with Crippen molar-refractivity contribution in [1.82, 2.24) is 14.7 Å². The first-order chi connectivity index (χ1) is 18.8. The van der Waals surface area contributed by atoms with Crippen molar-refractivity contribution in [2.24, 2.45) is 5.10 Å². The number of nitrogens with zero attached hydrogens (tertiary/aromatic N) is 3. The Morgan fingerprint density at radius 1 is 0.949 bits per heavy atom. The number of methoxy groups -OCH3 is 1. The van der Waals surface area contributed by atoms with Crippen LogP contribution in [0.4, 0.5) is 4.39 Å². The summed E-state index contributed by atoms with van der Waals surface area (Å²) >= 11 is 0. The van der Waals surface area contributed by atoms with Gasteiger partial charge in [0.1, 0.15) is 11.6 Å². The van der Waals surface area contributed by atoms with E-state index in [0.717, 1.165) is 5.56 Å². The SMILES string of the molecule is COc1ccc(S(=O)(=O)N(Cc2ccc(C(=O)NN=C(C)c3ccccc3F)cc2)Cc2cccnc2)cc1. The van der Waals surface area contributed by atoms with E-state index in [9.17, 15) is 17.6 Å². The van der Waals surface area contributed by atoms with Gasteiger partial charge in [-0.1, -0.05) is 36.4 Å². The predicted octanol–water partition coefficient (Wildman–Crippen LogP) is 4.77. The number of pyridine rings is 1. The van der Waals surface area contributed by atoms with Crippen LogP contribution in [0.15, 0.2) is 107 Å². The van der Waals surface area contributed by atoms with Crippen LogP contribution < -0.4 is 10.2 Å². The van der Waals surface area contributed by atoms with Gasteiger partial charge in [0.25, 0.3) is 5.91 Å². The average molecular weight is 547 g/mol. The zero-order chi connectivity index (χ0) is 27.8. The minimum Gasteiger partial charge on any atom is -0.497 e. The normalized spacial score (nSPS) is 11.8. The number of aromatic nitrogens is 1. The molecule has 39 heavy (non-hydrogen) atoms. The molecule has 4 rings (SSSR count). The van der Waals surface area contributed by atoms with Crippen LogP contribution >= 0.6 is 0 Å². The molecular formula is C29H27FN4O4S. The summed E-state index contributed by atoms with van der Waals surface area (Å²) in [5.41, 5.74) is 4.78. The predicted molar refractivity (Wildman–Crippen MR) is 146 cm³/mol. The second kappa shape index (κ2) is 12.4. The monoisotopic (exact) mass is 546 g/mol. The molecule has 0 fully saturated rings. The van der Waals surface area contributed by atoms with Crippen LogP contribution in [0.5, 0.6) is 5.75 Å². The Labute approximate surface area is 226 Å². The van der Waals surface area contributed by atoms with Crippen LogP contribution in [0, 0.1) is 5.82 Å². The van der Waals surface area contributed by atoms with Gasteiger partial charge in [-0.25, -0.2) is 18.2 Å². The van der Waals surface area contributed by atoms with Gasteiger partial charge in [0, 0.05) is 36.6 Å². The molecular weight excluding hydrogens is 519 g/mol. The Morgan fingerprint density at radius 3 is 2.28 bits per heavy atom. The van der Waals surface area contributed by atoms with Crippen molar-refractivity contribution < 1.29 is 22.3 Å². The fraction of sp³-hybridized carbons (Fsp3) is 0.138. The number of hydrogen-bond donors (Lipinski definition) is 1. The van der Waals surface area contributed by atoms with Crippen LogP contribution in [-0.2, 0) is 23.1 Å². The molecule has 0 atom stereocenters. The highest BCUT2D eigenvalue weighted by molar-refractivity contribution is 7.89. The second-order valence-corrected chi connectivity index (χ2v) is 10.6. The van der Waals surface area contributed by atoms with Crippen molar-refractivity contribution in [3.63, 3.8) is 0 Å². The molecule has 0 spiro atoms. The van der Waals surface area contributed by atoms with Crippen LogP contribution in [0.3, 0.4) is 0 Å². The van der Waals surface area contributed by atoms with Gasteiger partial charge in [0.05, 0.1) is 17.7 Å². The maximum absolute atomic E-state index is 14.0. The molecule has 1 N–H and O–H groups in total. The molecule has 0 radical (unpaired) electrons. The minimum atomic E-state index is -3.87. The van der Waals surface area contributed by atoms with Crippen LogP contribution in [-0.4, -0.2) is 36.4 Å². The summed E-state index contributed by atoms with van der Waals surface area (Å²) < 4.78 is 47.6. The van der Waals surface area contributed by atoms with Crippen LogP contribution in [0.25, 0.3) is 0 Å². The van der Waals surface area contributed by atoms with E-state index in [1.165, 1.54) is 29.6 Å². The third kappa shape index (κ3) is 6.92. The van der Waals surface area contributed by atoms with E-state index in [4.69, 9.17) is 4.74 Å². The smallest absolute Gasteiger partial charge is 0.271 e. The van der Waals surface area contributed by atoms with Crippen molar-refractivity contribution >= 4 is 21.6 Å². The number of benzene rings is 3. The standard InChI is InChI=1S/C29H27FN4O4S/c1-21(27-7-3-4-8-28(27)30)32-33-29(35)24-11-9-22(10-12-24)19-34(20-23-6-5-17-31-18-23)39(36,37)26-15-13-25(38-2)14-16-26/h3-18H,19-20H2,1-2H3,(H,33,35). The minimum absolute atomic E-state index is 0.0652. The largest absolute Gasteiger partial charge is 0.497 e. The highest BCUT2D eigenvalue weighted by Crippen LogP contribution is 2.23. The topological polar surface area (TPSA) is 101 Å². The Kier molecular flexibility index (Phi) is 8.80. The number of carbonyl (C=O) groups is 1. The molecule has 8 nitrogen and oxygen atoms in total. The van der Waals surface area contributed by atoms with Gasteiger partial charge in [-0.15, -0.1) is 0 Å². The van der Waals surface area contributed by atoms with Crippen LogP contribution in [0.1, 0.15) is 34.0 Å². The lowest BCUT2D eigenvalue weighted by molar-refractivity contribution is 0.0954. The first-order valence-electron chi connectivity index (χ1n) is 12.0. The van der Waals surface area contributed by atoms with Gasteiger partial charge in [0.15, 0.2) is 0 Å². The van der Waals surface area contributed by atoms with Gasteiger partial charge in [0.2, 0.25) is 10.0 Å². The summed E-state index contributed by atoms with van der Waals surface area (Å²) in [6.07, 6.45) is 3.24. The number of carbonyl (C=O) groups excluding carboxylic acids is 1. The summed E-state index contributed by atoms with van der Waals surface area (Å²) in [6, 6.07) is 22.4. The molecule has 3 aromatic carbocycles. The third-order valence-electron chi connectivity index (χ3n) is 5.94. The Hall–Kier alpha value is -4.41. The Balaban J connectivity index is 1.52. The average Bonchev–Trinajstić information content (AvgIpc) is 2.96. The lowest BCUT2D eigenvalue weighted by Gasteiger charge is -2.22. The number of amides is 1. The molecule has 200 valence electrons. The van der Waals surface area contributed by atoms with Gasteiger partial charge < -0.3 is 4.74 Å². The first-order valence-corrected chi connectivity index (χ1v) is 13.4. The van der Waals surface area contributed by atoms with E-state index >= 15 is 0 Å². The molecule has 0 unspecified atom stereocenters. The van der Waals surface area contributed by atoms with E-state index in [1.807, 2.05) is 0 Å². The molecule has 1 aromatic heterocycles. The maximum atomic E-state index is 14.0. The Bertz CT molecular complexity index is 1560. The van der Waals surface area contributed by atoms with Crippen molar-refractivity contribution in [1.29, 1.82) is 0 Å². The summed E-state index contributed by atoms with van der Waals surface area (Å²) in [7, 11) is -2.36. The first kappa shape index (κ1) is 27.6. The molecule has 1 amide bonds. The maximum Gasteiger partial charge on any atom is 0.271 e. The van der Waals surface area contributed by atoms with Gasteiger partial charge in [-0.3, -0.25) is 9.78 Å². The molecule has 0 saturated carbocycles. The van der Waals surface area contributed by atoms with E-state index < -0.39 is 21.7 Å². The Morgan fingerprint density at radius 2 is 1.64 bits per heavy atom. The molecule has 1 heterocycles. The third-order valence-corrected chi connectivity index (χ3v) is 7.75. The van der Waals surface area contributed by atoms with Gasteiger partial charge in [-0.2, -0.15) is 9.41 Å². The molecule has 10 heteroatoms. The number of halogens is 1. The summed E-state index contributed by atoms with van der Waals surface area (Å²) in [5, 5.41) is 4.00. The second-order valence-electron chi connectivity index (χ2n) is 8.62. The van der Waals surface area contributed by atoms with E-state index in [-0.39, 0.29) is 18.0 Å². The summed E-state index contributed by atoms with van der Waals surface area (Å²) in [4.78, 5) is 16.8. The number of ether oxygens (including phenoxy) is 1. The molecule has 0 aliphatic heterocycles. The van der Waals surface area contributed by atoms with Crippen molar-refractivity contribution in [3.8, 4) is 5.75 Å². The number of nitrogens with one attached hydrogen (secondary N) is 1. The molecule has 4 aromatic rings. The summed E-state index contributed by atoms with van der Waals surface area (Å²) in [5.74, 6) is -0.358. The number of rotatable bonds is 10. The van der Waals surface area contributed by atoms with E-state index in [0.29, 0.717) is 28.2 Å². The van der Waals surface area contributed by atoms with Gasteiger partial charge in [-0.05, 0) is 66.6 Å². The molecule has 0 bridgehead atoms. The lowest BCUT2D eigenvalue weighted by Crippen LogP contribution is -2.30. The van der Waals surface area contributed by atoms with Crippen molar-refractivity contribution in [2.45, 2.75) is 24.9 Å². The lowest BCUT2D eigenvalue weighted by atomic mass is 10.1. The van der Waals surface area contributed by atoms with Crippen molar-refractivity contribution in [2.75, 3.05) is 7.11 Å². The molecule has 0 saturated heterocycles. The van der Waals surface area contributed by atoms with Gasteiger partial charge >= 0.3 is 0 Å². The quantitative estimate of drug-likeness (QED) is 0.228. The summed E-state index contributed by atoms with van der Waals surface area (Å²) in [6.45, 7) is 1.77. The highest BCUT2D eigenvalue weighted by Gasteiger charge is 2.25. The zero-order valence-electron chi connectivity index (χ0n) is 21.4. The number of sulfonamides is 1. The van der Waals surface area contributed by atoms with E-state index in [1.54, 1.807) is 86.0 Å². The fourth-order valence-corrected chi connectivity index (χ4v) is 5.21. The number of hydrogen-bond acceptors (Lipinski definition) is 6. The van der Waals surface area contributed by atoms with Crippen molar-refractivity contribution in [3.05, 3.63) is 125 Å². The number of hydrazone groups is 1. The fourth-order valence-electron chi connectivity index (χ4n) is 3.80. The molecule has 0 aliphatic carbocycles. The molecule has 0 aliphatic rings. The zero-order valence-corrected chi connectivity index (χ0v) is 22.2.